The first-order valence-corrected chi connectivity index (χ1v) is 7.40. The molecule has 1 aromatic rings. The topological polar surface area (TPSA) is 101 Å². The molecule has 7 heteroatoms. The van der Waals surface area contributed by atoms with E-state index in [-0.39, 0.29) is 17.3 Å². The number of anilines is 1. The van der Waals surface area contributed by atoms with Crippen molar-refractivity contribution >= 4 is 21.6 Å². The lowest BCUT2D eigenvalue weighted by Crippen LogP contribution is -2.37. The highest BCUT2D eigenvalue weighted by Gasteiger charge is 2.21. The lowest BCUT2D eigenvalue weighted by atomic mass is 10.1. The maximum absolute atomic E-state index is 12.2. The van der Waals surface area contributed by atoms with Crippen LogP contribution < -0.4 is 15.8 Å². The smallest absolute Gasteiger partial charge is 0.241 e. The molecule has 0 fully saturated rings. The van der Waals surface area contributed by atoms with Crippen molar-refractivity contribution in [1.82, 2.24) is 10.0 Å². The van der Waals surface area contributed by atoms with Crippen molar-refractivity contribution in [2.45, 2.75) is 25.7 Å². The van der Waals surface area contributed by atoms with Crippen molar-refractivity contribution in [2.24, 2.45) is 0 Å². The van der Waals surface area contributed by atoms with E-state index in [1.54, 1.807) is 32.9 Å². The Morgan fingerprint density at radius 3 is 2.53 bits per heavy atom. The molecule has 0 aliphatic rings. The number of benzene rings is 1. The maximum atomic E-state index is 12.2. The molecule has 0 aromatic heterocycles. The van der Waals surface area contributed by atoms with Gasteiger partial charge in [0.1, 0.15) is 0 Å². The normalized spacial score (nSPS) is 11.3. The molecule has 6 nitrogen and oxygen atoms in total. The minimum atomic E-state index is -3.75. The molecule has 0 saturated heterocycles. The summed E-state index contributed by atoms with van der Waals surface area (Å²) in [7, 11) is -3.75. The fraction of sp³-hybridized carbons (Fsp3) is 0.417. The van der Waals surface area contributed by atoms with E-state index >= 15 is 0 Å². The van der Waals surface area contributed by atoms with Gasteiger partial charge in [0.05, 0.1) is 11.4 Å². The Morgan fingerprint density at radius 1 is 1.32 bits per heavy atom. The molecule has 1 rings (SSSR count). The van der Waals surface area contributed by atoms with Crippen molar-refractivity contribution in [1.29, 1.82) is 0 Å². The SMILES string of the molecule is CCNC(=O)CNS(=O)(=O)c1c(C)ccc(N)c1C. The van der Waals surface area contributed by atoms with Crippen molar-refractivity contribution < 1.29 is 13.2 Å². The Kier molecular flexibility index (Phi) is 4.90. The third-order valence-corrected chi connectivity index (χ3v) is 4.40. The molecule has 0 saturated carbocycles. The van der Waals surface area contributed by atoms with Gasteiger partial charge in [-0.25, -0.2) is 13.1 Å². The molecular formula is C12H19N3O3S. The van der Waals surface area contributed by atoms with Crippen LogP contribution in [0.2, 0.25) is 0 Å². The van der Waals surface area contributed by atoms with Gasteiger partial charge in [-0.3, -0.25) is 4.79 Å². The summed E-state index contributed by atoms with van der Waals surface area (Å²) in [6.07, 6.45) is 0. The summed E-state index contributed by atoms with van der Waals surface area (Å²) < 4.78 is 26.6. The number of hydrogen-bond acceptors (Lipinski definition) is 4. The molecule has 0 spiro atoms. The van der Waals surface area contributed by atoms with Crippen LogP contribution in [0, 0.1) is 13.8 Å². The molecule has 0 radical (unpaired) electrons. The van der Waals surface area contributed by atoms with Crippen LogP contribution in [0.25, 0.3) is 0 Å². The Hall–Kier alpha value is -1.60. The average Bonchev–Trinajstić information content (AvgIpc) is 2.32. The van der Waals surface area contributed by atoms with Crippen LogP contribution in [0.1, 0.15) is 18.1 Å². The van der Waals surface area contributed by atoms with E-state index in [2.05, 4.69) is 10.0 Å². The quantitative estimate of drug-likeness (QED) is 0.677. The molecule has 1 amide bonds. The summed E-state index contributed by atoms with van der Waals surface area (Å²) in [6, 6.07) is 3.30. The van der Waals surface area contributed by atoms with E-state index < -0.39 is 10.0 Å². The molecular weight excluding hydrogens is 266 g/mol. The second kappa shape index (κ2) is 6.03. The fourth-order valence-corrected chi connectivity index (χ4v) is 3.23. The lowest BCUT2D eigenvalue weighted by molar-refractivity contribution is -0.119. The van der Waals surface area contributed by atoms with Gasteiger partial charge in [0.15, 0.2) is 0 Å². The third-order valence-electron chi connectivity index (χ3n) is 2.71. The highest BCUT2D eigenvalue weighted by molar-refractivity contribution is 7.89. The number of carbonyl (C=O) groups is 1. The number of hydrogen-bond donors (Lipinski definition) is 3. The number of nitrogens with one attached hydrogen (secondary N) is 2. The summed E-state index contributed by atoms with van der Waals surface area (Å²) in [5.41, 5.74) is 7.21. The molecule has 0 atom stereocenters. The Morgan fingerprint density at radius 2 is 1.95 bits per heavy atom. The van der Waals surface area contributed by atoms with Gasteiger partial charge in [-0.05, 0) is 38.0 Å². The summed E-state index contributed by atoms with van der Waals surface area (Å²) in [5, 5.41) is 2.52. The number of nitrogen functional groups attached to an aromatic ring is 1. The van der Waals surface area contributed by atoms with Crippen LogP contribution in [-0.2, 0) is 14.8 Å². The van der Waals surface area contributed by atoms with Crippen LogP contribution in [0.5, 0.6) is 0 Å². The van der Waals surface area contributed by atoms with Crippen LogP contribution in [0.3, 0.4) is 0 Å². The van der Waals surface area contributed by atoms with E-state index in [0.717, 1.165) is 0 Å². The minimum Gasteiger partial charge on any atom is -0.398 e. The zero-order chi connectivity index (χ0) is 14.6. The van der Waals surface area contributed by atoms with Gasteiger partial charge < -0.3 is 11.1 Å². The molecule has 0 aliphatic heterocycles. The average molecular weight is 285 g/mol. The van der Waals surface area contributed by atoms with Crippen LogP contribution >= 0.6 is 0 Å². The molecule has 0 heterocycles. The monoisotopic (exact) mass is 285 g/mol. The highest BCUT2D eigenvalue weighted by Crippen LogP contribution is 2.24. The van der Waals surface area contributed by atoms with Gasteiger partial charge in [-0.1, -0.05) is 6.07 Å². The zero-order valence-corrected chi connectivity index (χ0v) is 12.1. The van der Waals surface area contributed by atoms with Crippen molar-refractivity contribution in [3.8, 4) is 0 Å². The van der Waals surface area contributed by atoms with Crippen molar-refractivity contribution in [3.05, 3.63) is 23.3 Å². The number of nitrogens with two attached hydrogens (primary N) is 1. The first-order chi connectivity index (χ1) is 8.79. The van der Waals surface area contributed by atoms with Crippen LogP contribution in [0.4, 0.5) is 5.69 Å². The van der Waals surface area contributed by atoms with E-state index in [1.165, 1.54) is 0 Å². The molecule has 0 aliphatic carbocycles. The summed E-state index contributed by atoms with van der Waals surface area (Å²) >= 11 is 0. The van der Waals surface area contributed by atoms with Gasteiger partial charge >= 0.3 is 0 Å². The van der Waals surface area contributed by atoms with E-state index in [9.17, 15) is 13.2 Å². The first-order valence-electron chi connectivity index (χ1n) is 5.91. The molecule has 4 N–H and O–H groups in total. The Bertz CT molecular complexity index is 582. The Labute approximate surface area is 113 Å². The predicted molar refractivity (Wildman–Crippen MR) is 74.2 cm³/mol. The molecule has 0 bridgehead atoms. The van der Waals surface area contributed by atoms with Gasteiger partial charge in [0.2, 0.25) is 15.9 Å². The van der Waals surface area contributed by atoms with Gasteiger partial charge in [-0.2, -0.15) is 0 Å². The molecule has 106 valence electrons. The van der Waals surface area contributed by atoms with Gasteiger partial charge in [0, 0.05) is 12.2 Å². The van der Waals surface area contributed by atoms with Crippen LogP contribution in [0.15, 0.2) is 17.0 Å². The van der Waals surface area contributed by atoms with E-state index in [1.807, 2.05) is 0 Å². The maximum Gasteiger partial charge on any atom is 0.241 e. The zero-order valence-electron chi connectivity index (χ0n) is 11.3. The highest BCUT2D eigenvalue weighted by atomic mass is 32.2. The standard InChI is InChI=1S/C12H19N3O3S/c1-4-14-11(16)7-15-19(17,18)12-8(2)5-6-10(13)9(12)3/h5-6,15H,4,7,13H2,1-3H3,(H,14,16). The number of aryl methyl sites for hydroxylation is 1. The summed E-state index contributed by atoms with van der Waals surface area (Å²) in [5.74, 6) is -0.370. The molecule has 0 unspecified atom stereocenters. The number of sulfonamides is 1. The number of rotatable bonds is 5. The molecule has 19 heavy (non-hydrogen) atoms. The fourth-order valence-electron chi connectivity index (χ4n) is 1.75. The summed E-state index contributed by atoms with van der Waals surface area (Å²) in [4.78, 5) is 11.4. The predicted octanol–water partition coefficient (Wildman–Crippen LogP) is 0.300. The Balaban J connectivity index is 3.02. The van der Waals surface area contributed by atoms with E-state index in [4.69, 9.17) is 5.73 Å². The second-order valence-electron chi connectivity index (χ2n) is 4.20. The van der Waals surface area contributed by atoms with Crippen LogP contribution in [-0.4, -0.2) is 27.4 Å². The first kappa shape index (κ1) is 15.5. The minimum absolute atomic E-state index is 0.136. The second-order valence-corrected chi connectivity index (χ2v) is 5.91. The number of likely N-dealkylation sites (N-methyl/N-ethyl adjacent to an activating group) is 1. The lowest BCUT2D eigenvalue weighted by Gasteiger charge is -2.13. The van der Waals surface area contributed by atoms with Gasteiger partial charge in [0.25, 0.3) is 0 Å². The third kappa shape index (κ3) is 3.68. The molecule has 1 aromatic carbocycles. The van der Waals surface area contributed by atoms with Gasteiger partial charge in [-0.15, -0.1) is 0 Å². The number of amides is 1. The summed E-state index contributed by atoms with van der Waals surface area (Å²) in [6.45, 7) is 5.26. The van der Waals surface area contributed by atoms with Crippen molar-refractivity contribution in [3.63, 3.8) is 0 Å². The van der Waals surface area contributed by atoms with Crippen molar-refractivity contribution in [2.75, 3.05) is 18.8 Å². The largest absolute Gasteiger partial charge is 0.398 e. The van der Waals surface area contributed by atoms with E-state index in [0.29, 0.717) is 23.4 Å². The number of carbonyl (C=O) groups excluding carboxylic acids is 1.